The molecule has 3 aliphatic heterocycles. The molecule has 3 aliphatic rings. The molecule has 45 heavy (non-hydrogen) atoms. The molecule has 24 heteroatoms. The van der Waals surface area contributed by atoms with Gasteiger partial charge >= 0.3 is 62.8 Å². The first kappa shape index (κ1) is 52.0. The van der Waals surface area contributed by atoms with Gasteiger partial charge in [0, 0.05) is 90.0 Å². The maximum Gasteiger partial charge on any atom is 0.560 e. The Kier molecular flexibility index (Phi) is 37.9. The van der Waals surface area contributed by atoms with Gasteiger partial charge in [0.15, 0.2) is 0 Å². The van der Waals surface area contributed by atoms with Crippen molar-refractivity contribution in [3.8, 4) is 0 Å². The van der Waals surface area contributed by atoms with Crippen molar-refractivity contribution in [2.45, 2.75) is 46.0 Å². The summed E-state index contributed by atoms with van der Waals surface area (Å²) < 4.78 is 13.6. The molecule has 3 saturated heterocycles. The topological polar surface area (TPSA) is 222 Å². The van der Waals surface area contributed by atoms with Gasteiger partial charge in [0.2, 0.25) is 0 Å². The van der Waals surface area contributed by atoms with Gasteiger partial charge < -0.3 is 19.3 Å². The number of aliphatic hydroxyl groups is 1. The number of imide groups is 3. The van der Waals surface area contributed by atoms with Gasteiger partial charge in [-0.05, 0) is 0 Å². The summed E-state index contributed by atoms with van der Waals surface area (Å²) in [6, 6.07) is 0. The van der Waals surface area contributed by atoms with E-state index in [-0.39, 0.29) is 99.9 Å². The molecule has 1 N–H and O–H groups in total. The van der Waals surface area contributed by atoms with E-state index in [4.69, 9.17) is 5.11 Å². The van der Waals surface area contributed by atoms with Gasteiger partial charge in [0.05, 0.1) is 19.8 Å². The van der Waals surface area contributed by atoms with Crippen LogP contribution < -0.4 is 13.3 Å². The fourth-order valence-electron chi connectivity index (χ4n) is 2.54. The summed E-state index contributed by atoms with van der Waals surface area (Å²) in [5.41, 5.74) is 0. The predicted molar refractivity (Wildman–Crippen MR) is 192 cm³/mol. The third kappa shape index (κ3) is 23.3. The minimum absolute atomic E-state index is 0. The molecule has 264 valence electrons. The summed E-state index contributed by atoms with van der Waals surface area (Å²) in [7, 11) is 3.00. The van der Waals surface area contributed by atoms with E-state index in [9.17, 15) is 38.4 Å². The molecule has 0 spiro atoms. The van der Waals surface area contributed by atoms with E-state index in [1.807, 2.05) is 0 Å². The average molecular weight is 1330 g/mol. The largest absolute Gasteiger partial charge is 0.560 e. The van der Waals surface area contributed by atoms with Gasteiger partial charge in [-0.25, -0.2) is 4.79 Å². The van der Waals surface area contributed by atoms with Crippen LogP contribution >= 0.6 is 98.4 Å². The molecule has 0 aromatic rings. The molecular formula is C21H32I6N3O15-. The summed E-state index contributed by atoms with van der Waals surface area (Å²) >= 11 is 9.54. The quantitative estimate of drug-likeness (QED) is 0.152. The van der Waals surface area contributed by atoms with Gasteiger partial charge in [-0.1, -0.05) is 22.6 Å². The third-order valence-electron chi connectivity index (χ3n) is 4.32. The average Bonchev–Trinajstić information content (AvgIpc) is 3.59. The molecule has 6 amide bonds. The number of amides is 6. The molecule has 3 fully saturated rings. The smallest absolute Gasteiger partial charge is 0.293 e. The van der Waals surface area contributed by atoms with Crippen molar-refractivity contribution in [3.05, 3.63) is 0 Å². The van der Waals surface area contributed by atoms with Crippen LogP contribution in [0.1, 0.15) is 46.0 Å². The van der Waals surface area contributed by atoms with Crippen molar-refractivity contribution in [1.82, 2.24) is 15.2 Å². The van der Waals surface area contributed by atoms with Crippen LogP contribution in [0.15, 0.2) is 0 Å². The molecule has 0 saturated carbocycles. The van der Waals surface area contributed by atoms with Crippen LogP contribution in [-0.2, 0) is 57.5 Å². The number of hydroxylamine groups is 6. The fourth-order valence-corrected chi connectivity index (χ4v) is 2.54. The molecule has 3 heterocycles. The summed E-state index contributed by atoms with van der Waals surface area (Å²) in [5, 5.41) is 8.88. The second-order valence-electron chi connectivity index (χ2n) is 7.13. The summed E-state index contributed by atoms with van der Waals surface area (Å²) in [5.74, 6) is -3.81. The Morgan fingerprint density at radius 3 is 1.13 bits per heavy atom. The van der Waals surface area contributed by atoms with Crippen molar-refractivity contribution in [2.24, 2.45) is 0 Å². The number of ether oxygens (including phenoxy) is 3. The molecule has 0 aromatic carbocycles. The van der Waals surface area contributed by atoms with Crippen LogP contribution in [0.2, 0.25) is 0 Å². The SMILES string of the molecule is C.COCCO.COCCOC(=O)ON1C(=O)CCC1=O.I.II.I[I-]I.O=C(ON1C(=O)CCC1=O)ON1C(=O)CCC1=O. The Hall–Kier alpha value is 0.220. The zero-order chi connectivity index (χ0) is 33.4. The van der Waals surface area contributed by atoms with E-state index in [2.05, 4.69) is 103 Å². The van der Waals surface area contributed by atoms with E-state index in [0.29, 0.717) is 24.9 Å². The van der Waals surface area contributed by atoms with E-state index in [0.717, 1.165) is 0 Å². The normalized spacial score (nSPS) is 14.7. The van der Waals surface area contributed by atoms with Crippen LogP contribution in [-0.4, -0.2) is 109 Å². The Morgan fingerprint density at radius 1 is 0.644 bits per heavy atom. The number of aliphatic hydroxyl groups excluding tert-OH is 1. The van der Waals surface area contributed by atoms with Crippen LogP contribution in [0, 0.1) is 0 Å². The van der Waals surface area contributed by atoms with Gasteiger partial charge in [-0.15, -0.1) is 24.0 Å². The van der Waals surface area contributed by atoms with Crippen molar-refractivity contribution < 1.29 is 85.4 Å². The number of hydrogen-bond donors (Lipinski definition) is 1. The van der Waals surface area contributed by atoms with Crippen LogP contribution in [0.5, 0.6) is 0 Å². The van der Waals surface area contributed by atoms with Crippen molar-refractivity contribution in [1.29, 1.82) is 0 Å². The molecule has 0 aromatic heterocycles. The monoisotopic (exact) mass is 1330 g/mol. The van der Waals surface area contributed by atoms with Crippen LogP contribution in [0.4, 0.5) is 9.59 Å². The van der Waals surface area contributed by atoms with Gasteiger partial charge in [-0.3, -0.25) is 43.3 Å². The molecular weight excluding hydrogens is 1300 g/mol. The van der Waals surface area contributed by atoms with E-state index in [1.165, 1.54) is 7.11 Å². The Bertz CT molecular complexity index is 873. The Balaban J connectivity index is -0.000000282. The van der Waals surface area contributed by atoms with Gasteiger partial charge in [0.1, 0.15) is 6.61 Å². The molecule has 0 atom stereocenters. The van der Waals surface area contributed by atoms with Crippen molar-refractivity contribution >= 4 is 146 Å². The minimum atomic E-state index is -1.48. The molecule has 0 bridgehead atoms. The van der Waals surface area contributed by atoms with Gasteiger partial charge in [-0.2, -0.15) is 4.79 Å². The number of carbonyl (C=O) groups excluding carboxylic acids is 8. The van der Waals surface area contributed by atoms with Gasteiger partial charge in [0.25, 0.3) is 35.4 Å². The number of rotatable bonds is 8. The molecule has 3 rings (SSSR count). The number of halogens is 6. The molecule has 0 unspecified atom stereocenters. The Morgan fingerprint density at radius 2 is 0.911 bits per heavy atom. The number of carbonyl (C=O) groups is 8. The zero-order valence-electron chi connectivity index (χ0n) is 22.9. The Labute approximate surface area is 329 Å². The second-order valence-corrected chi connectivity index (χ2v) is 23.4. The predicted octanol–water partition coefficient (Wildman–Crippen LogP) is 0.544. The molecule has 18 nitrogen and oxygen atoms in total. The van der Waals surface area contributed by atoms with Crippen molar-refractivity contribution in [2.75, 3.05) is 40.6 Å². The summed E-state index contributed by atoms with van der Waals surface area (Å²) in [6.07, 6.45) is -2.70. The standard InChI is InChI=1S/C9H8N2O7.C8H11NO6.C3H8O2.CH4.I3.I2.HI/c12-5-1-2-6(13)10(5)17-9(16)18-11-7(14)3-4-8(11)15;1-13-4-5-14-8(12)15-9-6(10)2-3-7(9)11;1-5-3-2-4;;1-3-2;1-2;/h1-4H2;2-5H2,1H3;4H,2-3H2,1H3;1H4;;;1H/q;;;;-1;;. The fraction of sp³-hybridized carbons (Fsp3) is 0.619. The number of methoxy groups -OCH3 is 2. The first-order valence-electron chi connectivity index (χ1n) is 11.4. The van der Waals surface area contributed by atoms with E-state index in [1.54, 1.807) is 7.11 Å². The molecule has 0 aliphatic carbocycles. The maximum atomic E-state index is 11.2. The van der Waals surface area contributed by atoms with Crippen LogP contribution in [0.25, 0.3) is 0 Å². The van der Waals surface area contributed by atoms with E-state index < -0.39 is 47.8 Å². The minimum Gasteiger partial charge on any atom is -0.293 e. The van der Waals surface area contributed by atoms with Crippen LogP contribution in [0.3, 0.4) is 0 Å². The molecule has 0 radical (unpaired) electrons. The second kappa shape index (κ2) is 32.8. The summed E-state index contributed by atoms with van der Waals surface area (Å²) in [4.78, 5) is 102. The summed E-state index contributed by atoms with van der Waals surface area (Å²) in [6.45, 7) is 0.791. The first-order valence-corrected chi connectivity index (χ1v) is 30.2. The van der Waals surface area contributed by atoms with Crippen molar-refractivity contribution in [3.63, 3.8) is 0 Å². The van der Waals surface area contributed by atoms with E-state index >= 15 is 0 Å². The number of nitrogens with zero attached hydrogens (tertiary/aromatic N) is 3. The number of hydrogen-bond acceptors (Lipinski definition) is 15. The maximum absolute atomic E-state index is 11.2. The zero-order valence-corrected chi connectivity index (χ0v) is 36.0. The third-order valence-corrected chi connectivity index (χ3v) is 4.32. The first-order chi connectivity index (χ1) is 20.5.